The zero-order chi connectivity index (χ0) is 13.7. The van der Waals surface area contributed by atoms with Crippen molar-refractivity contribution in [1.29, 1.82) is 0 Å². The highest BCUT2D eigenvalue weighted by Crippen LogP contribution is 2.19. The number of rotatable bonds is 5. The number of ether oxygens (including phenoxy) is 1. The molecule has 2 aromatic rings. The Morgan fingerprint density at radius 1 is 1.47 bits per heavy atom. The summed E-state index contributed by atoms with van der Waals surface area (Å²) in [5.74, 6) is 0.301. The predicted molar refractivity (Wildman–Crippen MR) is 72.2 cm³/mol. The molecule has 0 spiro atoms. The third-order valence-corrected chi connectivity index (χ3v) is 3.26. The van der Waals surface area contributed by atoms with E-state index in [1.54, 1.807) is 25.5 Å². The maximum Gasteiger partial charge on any atom is 0.358 e. The Morgan fingerprint density at radius 3 is 3.00 bits per heavy atom. The molecule has 0 saturated heterocycles. The second-order valence-electron chi connectivity index (χ2n) is 3.68. The Labute approximate surface area is 114 Å². The van der Waals surface area contributed by atoms with E-state index in [9.17, 15) is 4.79 Å². The van der Waals surface area contributed by atoms with Gasteiger partial charge in [0, 0.05) is 17.3 Å². The van der Waals surface area contributed by atoms with Gasteiger partial charge in [-0.2, -0.15) is 0 Å². The van der Waals surface area contributed by atoms with Crippen LogP contribution in [0.3, 0.4) is 0 Å². The average molecular weight is 278 g/mol. The SMILES string of the molecule is CCOC(=O)c1nc(CNc2cnccn2)sc1C. The summed E-state index contributed by atoms with van der Waals surface area (Å²) in [5, 5.41) is 3.91. The topological polar surface area (TPSA) is 77.0 Å². The first-order valence-electron chi connectivity index (χ1n) is 5.84. The van der Waals surface area contributed by atoms with E-state index in [0.29, 0.717) is 24.7 Å². The highest BCUT2D eigenvalue weighted by atomic mass is 32.1. The Hall–Kier alpha value is -2.02. The van der Waals surface area contributed by atoms with Gasteiger partial charge in [0.1, 0.15) is 10.8 Å². The molecule has 0 fully saturated rings. The van der Waals surface area contributed by atoms with Gasteiger partial charge < -0.3 is 10.1 Å². The standard InChI is InChI=1S/C12H14N4O2S/c1-3-18-12(17)11-8(2)19-10(16-11)7-15-9-6-13-4-5-14-9/h4-6H,3,7H2,1-2H3,(H,14,15). The Bertz CT molecular complexity index is 556. The van der Waals surface area contributed by atoms with Crippen LogP contribution in [0.4, 0.5) is 5.82 Å². The smallest absolute Gasteiger partial charge is 0.358 e. The minimum absolute atomic E-state index is 0.350. The maximum atomic E-state index is 11.6. The summed E-state index contributed by atoms with van der Waals surface area (Å²) in [6.07, 6.45) is 4.85. The molecule has 0 amide bonds. The van der Waals surface area contributed by atoms with Crippen LogP contribution in [0.5, 0.6) is 0 Å². The molecule has 0 atom stereocenters. The van der Waals surface area contributed by atoms with Crippen molar-refractivity contribution in [2.75, 3.05) is 11.9 Å². The number of hydrogen-bond acceptors (Lipinski definition) is 7. The van der Waals surface area contributed by atoms with Crippen LogP contribution in [-0.4, -0.2) is 27.5 Å². The Kier molecular flexibility index (Phi) is 4.40. The van der Waals surface area contributed by atoms with Crippen molar-refractivity contribution < 1.29 is 9.53 Å². The third-order valence-electron chi connectivity index (χ3n) is 2.29. The van der Waals surface area contributed by atoms with Crippen molar-refractivity contribution in [2.45, 2.75) is 20.4 Å². The van der Waals surface area contributed by atoms with Crippen LogP contribution in [0, 0.1) is 6.92 Å². The highest BCUT2D eigenvalue weighted by molar-refractivity contribution is 7.11. The normalized spacial score (nSPS) is 10.2. The summed E-state index contributed by atoms with van der Waals surface area (Å²) in [5.41, 5.74) is 0.391. The van der Waals surface area contributed by atoms with Crippen molar-refractivity contribution in [1.82, 2.24) is 15.0 Å². The zero-order valence-electron chi connectivity index (χ0n) is 10.7. The van der Waals surface area contributed by atoms with Gasteiger partial charge in [0.25, 0.3) is 0 Å². The summed E-state index contributed by atoms with van der Waals surface area (Å²) in [6, 6.07) is 0. The molecule has 0 aliphatic carbocycles. The molecular weight excluding hydrogens is 264 g/mol. The predicted octanol–water partition coefficient (Wildman–Crippen LogP) is 2.03. The van der Waals surface area contributed by atoms with Gasteiger partial charge >= 0.3 is 5.97 Å². The van der Waals surface area contributed by atoms with Gasteiger partial charge in [-0.25, -0.2) is 14.8 Å². The van der Waals surface area contributed by atoms with Crippen molar-refractivity contribution in [2.24, 2.45) is 0 Å². The lowest BCUT2D eigenvalue weighted by Crippen LogP contribution is -2.07. The van der Waals surface area contributed by atoms with Crippen molar-refractivity contribution >= 4 is 23.1 Å². The summed E-state index contributed by atoms with van der Waals surface area (Å²) >= 11 is 1.47. The molecular formula is C12H14N4O2S. The molecule has 100 valence electrons. The lowest BCUT2D eigenvalue weighted by Gasteiger charge is -2.01. The summed E-state index contributed by atoms with van der Waals surface area (Å²) < 4.78 is 4.95. The van der Waals surface area contributed by atoms with E-state index < -0.39 is 0 Å². The van der Waals surface area contributed by atoms with E-state index in [0.717, 1.165) is 9.88 Å². The Balaban J connectivity index is 2.02. The third kappa shape index (κ3) is 3.47. The monoisotopic (exact) mass is 278 g/mol. The highest BCUT2D eigenvalue weighted by Gasteiger charge is 2.16. The van der Waals surface area contributed by atoms with Gasteiger partial charge in [-0.05, 0) is 13.8 Å². The van der Waals surface area contributed by atoms with Gasteiger partial charge in [0.05, 0.1) is 19.3 Å². The second-order valence-corrected chi connectivity index (χ2v) is 4.96. The lowest BCUT2D eigenvalue weighted by molar-refractivity contribution is 0.0519. The number of carbonyl (C=O) groups excluding carboxylic acids is 1. The molecule has 0 saturated carbocycles. The molecule has 6 nitrogen and oxygen atoms in total. The first kappa shape index (κ1) is 13.4. The summed E-state index contributed by atoms with van der Waals surface area (Å²) in [4.78, 5) is 24.8. The molecule has 2 heterocycles. The van der Waals surface area contributed by atoms with Gasteiger partial charge in [0.2, 0.25) is 0 Å². The van der Waals surface area contributed by atoms with Gasteiger partial charge in [-0.3, -0.25) is 4.98 Å². The number of carbonyl (C=O) groups is 1. The zero-order valence-corrected chi connectivity index (χ0v) is 11.5. The molecule has 0 aliphatic rings. The quantitative estimate of drug-likeness (QED) is 0.843. The first-order valence-corrected chi connectivity index (χ1v) is 6.65. The molecule has 7 heteroatoms. The molecule has 19 heavy (non-hydrogen) atoms. The van der Waals surface area contributed by atoms with E-state index in [2.05, 4.69) is 20.3 Å². The van der Waals surface area contributed by atoms with Crippen LogP contribution in [0.25, 0.3) is 0 Å². The Morgan fingerprint density at radius 2 is 2.32 bits per heavy atom. The maximum absolute atomic E-state index is 11.6. The fourth-order valence-electron chi connectivity index (χ4n) is 1.47. The molecule has 0 unspecified atom stereocenters. The minimum Gasteiger partial charge on any atom is -0.461 e. The number of thiazole rings is 1. The number of aromatic nitrogens is 3. The van der Waals surface area contributed by atoms with Gasteiger partial charge in [0.15, 0.2) is 5.69 Å². The van der Waals surface area contributed by atoms with E-state index in [1.807, 2.05) is 6.92 Å². The lowest BCUT2D eigenvalue weighted by atomic mass is 10.4. The van der Waals surface area contributed by atoms with Crippen LogP contribution in [0.1, 0.15) is 27.3 Å². The van der Waals surface area contributed by atoms with Gasteiger partial charge in [-0.15, -0.1) is 11.3 Å². The summed E-state index contributed by atoms with van der Waals surface area (Å²) in [7, 11) is 0. The van der Waals surface area contributed by atoms with E-state index in [-0.39, 0.29) is 5.97 Å². The average Bonchev–Trinajstić information content (AvgIpc) is 2.79. The van der Waals surface area contributed by atoms with Crippen LogP contribution in [0.15, 0.2) is 18.6 Å². The number of nitrogens with one attached hydrogen (secondary N) is 1. The van der Waals surface area contributed by atoms with Crippen LogP contribution >= 0.6 is 11.3 Å². The molecule has 0 aromatic carbocycles. The number of esters is 1. The van der Waals surface area contributed by atoms with Gasteiger partial charge in [-0.1, -0.05) is 0 Å². The summed E-state index contributed by atoms with van der Waals surface area (Å²) in [6.45, 7) is 4.48. The van der Waals surface area contributed by atoms with Crippen LogP contribution in [0.2, 0.25) is 0 Å². The van der Waals surface area contributed by atoms with Crippen molar-refractivity contribution in [3.8, 4) is 0 Å². The number of anilines is 1. The van der Waals surface area contributed by atoms with E-state index >= 15 is 0 Å². The van der Waals surface area contributed by atoms with Crippen molar-refractivity contribution in [3.63, 3.8) is 0 Å². The molecule has 2 aromatic heterocycles. The van der Waals surface area contributed by atoms with Crippen LogP contribution in [-0.2, 0) is 11.3 Å². The van der Waals surface area contributed by atoms with Crippen molar-refractivity contribution in [3.05, 3.63) is 34.2 Å². The first-order chi connectivity index (χ1) is 9.20. The van der Waals surface area contributed by atoms with Crippen LogP contribution < -0.4 is 5.32 Å². The number of aryl methyl sites for hydroxylation is 1. The van der Waals surface area contributed by atoms with E-state index in [4.69, 9.17) is 4.74 Å². The second kappa shape index (κ2) is 6.24. The molecule has 1 N–H and O–H groups in total. The molecule has 0 bridgehead atoms. The van der Waals surface area contributed by atoms with E-state index in [1.165, 1.54) is 11.3 Å². The minimum atomic E-state index is -0.373. The number of nitrogens with zero attached hydrogens (tertiary/aromatic N) is 3. The fourth-order valence-corrected chi connectivity index (χ4v) is 2.33. The fraction of sp³-hybridized carbons (Fsp3) is 0.333. The largest absolute Gasteiger partial charge is 0.461 e. The molecule has 0 aliphatic heterocycles. The molecule has 0 radical (unpaired) electrons. The molecule has 2 rings (SSSR count). The number of hydrogen-bond donors (Lipinski definition) is 1.